The molecule has 0 saturated heterocycles. The van der Waals surface area contributed by atoms with E-state index in [0.29, 0.717) is 36.0 Å². The first kappa shape index (κ1) is 22.0. The summed E-state index contributed by atoms with van der Waals surface area (Å²) >= 11 is 0. The van der Waals surface area contributed by atoms with Crippen LogP contribution in [0.4, 0.5) is 0 Å². The van der Waals surface area contributed by atoms with Gasteiger partial charge in [0.15, 0.2) is 6.29 Å². The standard InChI is InChI=1S/C24H42O5/c1-13(4-3-5-21(28)29)16-6-7-17-22(16)20(27)12-18-23(17)19(26)11-14-10-15(25)8-9-24(14,18)2/h13-23,25-29H,3-12H2,1-2H3/t13-,14+,15+,16+,17+,18+,19+,20-,22-,23-,24-/m0/s1. The van der Waals surface area contributed by atoms with Crippen LogP contribution in [0.15, 0.2) is 0 Å². The van der Waals surface area contributed by atoms with Crippen LogP contribution in [0, 0.1) is 46.8 Å². The highest BCUT2D eigenvalue weighted by Gasteiger charge is 2.61. The van der Waals surface area contributed by atoms with Gasteiger partial charge in [0.1, 0.15) is 0 Å². The Morgan fingerprint density at radius 2 is 1.62 bits per heavy atom. The highest BCUT2D eigenvalue weighted by Crippen LogP contribution is 2.64. The molecule has 5 nitrogen and oxygen atoms in total. The van der Waals surface area contributed by atoms with Crippen molar-refractivity contribution in [2.24, 2.45) is 46.8 Å². The summed E-state index contributed by atoms with van der Waals surface area (Å²) in [5.74, 6) is 2.62. The topological polar surface area (TPSA) is 101 Å². The molecule has 29 heavy (non-hydrogen) atoms. The molecule has 5 heteroatoms. The van der Waals surface area contributed by atoms with Gasteiger partial charge in [-0.1, -0.05) is 20.3 Å². The molecule has 0 radical (unpaired) electrons. The van der Waals surface area contributed by atoms with Gasteiger partial charge in [-0.15, -0.1) is 0 Å². The Labute approximate surface area is 175 Å². The van der Waals surface area contributed by atoms with Gasteiger partial charge in [0, 0.05) is 0 Å². The summed E-state index contributed by atoms with van der Waals surface area (Å²) < 4.78 is 0. The predicted octanol–water partition coefficient (Wildman–Crippen LogP) is 2.67. The third kappa shape index (κ3) is 3.91. The Kier molecular flexibility index (Phi) is 6.36. The smallest absolute Gasteiger partial charge is 0.151 e. The Bertz CT molecular complexity index is 567. The Morgan fingerprint density at radius 3 is 2.34 bits per heavy atom. The maximum atomic E-state index is 11.3. The first-order chi connectivity index (χ1) is 13.7. The van der Waals surface area contributed by atoms with Crippen molar-refractivity contribution in [1.82, 2.24) is 0 Å². The molecule has 0 bridgehead atoms. The molecule has 0 amide bonds. The summed E-state index contributed by atoms with van der Waals surface area (Å²) in [6, 6.07) is 0. The average molecular weight is 411 g/mol. The third-order valence-corrected chi connectivity index (χ3v) is 9.90. The van der Waals surface area contributed by atoms with Crippen molar-refractivity contribution in [3.05, 3.63) is 0 Å². The number of fused-ring (bicyclic) bond motifs is 5. The Hall–Kier alpha value is -0.200. The molecule has 0 aliphatic heterocycles. The van der Waals surface area contributed by atoms with Crippen LogP contribution in [0.1, 0.15) is 78.1 Å². The van der Waals surface area contributed by atoms with Gasteiger partial charge in [-0.05, 0) is 105 Å². The van der Waals surface area contributed by atoms with E-state index >= 15 is 0 Å². The summed E-state index contributed by atoms with van der Waals surface area (Å²) in [4.78, 5) is 0. The van der Waals surface area contributed by atoms with Crippen molar-refractivity contribution in [3.63, 3.8) is 0 Å². The fourth-order valence-electron chi connectivity index (χ4n) is 8.44. The largest absolute Gasteiger partial charge is 0.393 e. The molecule has 0 aromatic carbocycles. The lowest BCUT2D eigenvalue weighted by atomic mass is 9.45. The molecule has 4 rings (SSSR count). The van der Waals surface area contributed by atoms with E-state index in [1.807, 2.05) is 0 Å². The molecule has 0 aromatic rings. The van der Waals surface area contributed by atoms with Gasteiger partial charge in [0.2, 0.25) is 0 Å². The molecule has 4 saturated carbocycles. The minimum absolute atomic E-state index is 0.135. The van der Waals surface area contributed by atoms with E-state index in [2.05, 4.69) is 13.8 Å². The zero-order valence-corrected chi connectivity index (χ0v) is 18.2. The van der Waals surface area contributed by atoms with Crippen LogP contribution in [-0.4, -0.2) is 50.1 Å². The second-order valence-corrected chi connectivity index (χ2v) is 11.3. The fourth-order valence-corrected chi connectivity index (χ4v) is 8.44. The molecule has 4 aliphatic carbocycles. The lowest BCUT2D eigenvalue weighted by Gasteiger charge is -2.61. The number of aliphatic hydroxyl groups excluding tert-OH is 4. The molecule has 0 spiro atoms. The van der Waals surface area contributed by atoms with Crippen molar-refractivity contribution < 1.29 is 25.5 Å². The van der Waals surface area contributed by atoms with Gasteiger partial charge in [-0.2, -0.15) is 0 Å². The lowest BCUT2D eigenvalue weighted by molar-refractivity contribution is -0.181. The van der Waals surface area contributed by atoms with Crippen molar-refractivity contribution in [2.75, 3.05) is 0 Å². The van der Waals surface area contributed by atoms with Crippen LogP contribution in [0.3, 0.4) is 0 Å². The maximum Gasteiger partial charge on any atom is 0.151 e. The van der Waals surface area contributed by atoms with Crippen molar-refractivity contribution in [3.8, 4) is 0 Å². The summed E-state index contributed by atoms with van der Waals surface area (Å²) in [7, 11) is 0. The number of rotatable bonds is 5. The summed E-state index contributed by atoms with van der Waals surface area (Å²) in [6.07, 6.45) is 6.63. The van der Waals surface area contributed by atoms with E-state index < -0.39 is 6.29 Å². The van der Waals surface area contributed by atoms with Gasteiger partial charge in [-0.3, -0.25) is 0 Å². The van der Waals surface area contributed by atoms with E-state index in [9.17, 15) is 15.3 Å². The van der Waals surface area contributed by atoms with Gasteiger partial charge in [0.05, 0.1) is 18.3 Å². The average Bonchev–Trinajstić information content (AvgIpc) is 3.09. The van der Waals surface area contributed by atoms with Gasteiger partial charge >= 0.3 is 0 Å². The first-order valence-electron chi connectivity index (χ1n) is 12.1. The third-order valence-electron chi connectivity index (χ3n) is 9.90. The van der Waals surface area contributed by atoms with E-state index in [-0.39, 0.29) is 35.6 Å². The number of hydrogen-bond donors (Lipinski definition) is 5. The molecule has 4 aliphatic rings. The van der Waals surface area contributed by atoms with Crippen LogP contribution < -0.4 is 0 Å². The molecule has 168 valence electrons. The van der Waals surface area contributed by atoms with E-state index in [0.717, 1.165) is 57.8 Å². The highest BCUT2D eigenvalue weighted by molar-refractivity contribution is 5.10. The summed E-state index contributed by atoms with van der Waals surface area (Å²) in [5, 5.41) is 50.9. The summed E-state index contributed by atoms with van der Waals surface area (Å²) in [6.45, 7) is 4.63. The minimum Gasteiger partial charge on any atom is -0.393 e. The molecule has 0 heterocycles. The summed E-state index contributed by atoms with van der Waals surface area (Å²) in [5.41, 5.74) is 0.135. The number of aliphatic hydroxyl groups is 5. The molecule has 0 unspecified atom stereocenters. The van der Waals surface area contributed by atoms with E-state index in [1.54, 1.807) is 0 Å². The minimum atomic E-state index is -1.22. The van der Waals surface area contributed by atoms with Gasteiger partial charge in [0.25, 0.3) is 0 Å². The second-order valence-electron chi connectivity index (χ2n) is 11.3. The Balaban J connectivity index is 1.50. The van der Waals surface area contributed by atoms with Crippen molar-refractivity contribution in [1.29, 1.82) is 0 Å². The van der Waals surface area contributed by atoms with E-state index in [4.69, 9.17) is 10.2 Å². The van der Waals surface area contributed by atoms with Crippen LogP contribution >= 0.6 is 0 Å². The van der Waals surface area contributed by atoms with Gasteiger partial charge < -0.3 is 25.5 Å². The van der Waals surface area contributed by atoms with Crippen LogP contribution in [-0.2, 0) is 0 Å². The fraction of sp³-hybridized carbons (Fsp3) is 1.00. The SMILES string of the molecule is C[C@@H](CCCC(O)O)[C@H]1CC[C@@H]2[C@H]1[C@@H](O)C[C@@H]1[C@H]2[C@H](O)C[C@H]2C[C@H](O)CC[C@@]21C. The molecule has 0 aromatic heterocycles. The maximum absolute atomic E-state index is 11.3. The predicted molar refractivity (Wildman–Crippen MR) is 111 cm³/mol. The van der Waals surface area contributed by atoms with E-state index in [1.165, 1.54) is 0 Å². The number of hydrogen-bond acceptors (Lipinski definition) is 5. The normalized spacial score (nSPS) is 50.7. The molecule has 5 N–H and O–H groups in total. The monoisotopic (exact) mass is 410 g/mol. The van der Waals surface area contributed by atoms with Gasteiger partial charge in [-0.25, -0.2) is 0 Å². The zero-order valence-electron chi connectivity index (χ0n) is 18.2. The zero-order chi connectivity index (χ0) is 20.9. The van der Waals surface area contributed by atoms with Crippen LogP contribution in [0.25, 0.3) is 0 Å². The molecule has 11 atom stereocenters. The van der Waals surface area contributed by atoms with Crippen LogP contribution in [0.5, 0.6) is 0 Å². The molecular formula is C24H42O5. The van der Waals surface area contributed by atoms with Crippen LogP contribution in [0.2, 0.25) is 0 Å². The quantitative estimate of drug-likeness (QED) is 0.449. The van der Waals surface area contributed by atoms with Crippen molar-refractivity contribution >= 4 is 0 Å². The molecule has 4 fully saturated rings. The lowest BCUT2D eigenvalue weighted by Crippen LogP contribution is -2.59. The first-order valence-corrected chi connectivity index (χ1v) is 12.1. The second kappa shape index (κ2) is 8.38. The molecular weight excluding hydrogens is 368 g/mol. The van der Waals surface area contributed by atoms with Crippen molar-refractivity contribution in [2.45, 2.75) is 103 Å². The highest BCUT2D eigenvalue weighted by atomic mass is 16.5. The Morgan fingerprint density at radius 1 is 0.897 bits per heavy atom.